The molecule has 2 aromatic carbocycles. The predicted molar refractivity (Wildman–Crippen MR) is 79.1 cm³/mol. The largest absolute Gasteiger partial charge is 0.478 e. The quantitative estimate of drug-likeness (QED) is 0.656. The molecule has 2 N–H and O–H groups in total. The number of nitrogens with one attached hydrogen (secondary N) is 1. The van der Waals surface area contributed by atoms with Crippen LogP contribution >= 0.6 is 11.6 Å². The molecule has 1 aliphatic rings. The average molecular weight is 305 g/mol. The molecule has 0 fully saturated rings. The first kappa shape index (κ1) is 13.6. The second kappa shape index (κ2) is 4.86. The van der Waals surface area contributed by atoms with Crippen LogP contribution in [0, 0.1) is 5.82 Å². The molecule has 1 aliphatic heterocycles. The first-order valence-electron chi connectivity index (χ1n) is 6.14. The number of rotatable bonds is 2. The summed E-state index contributed by atoms with van der Waals surface area (Å²) in [4.78, 5) is 14.1. The van der Waals surface area contributed by atoms with Gasteiger partial charge in [-0.2, -0.15) is 0 Å². The summed E-state index contributed by atoms with van der Waals surface area (Å²) in [7, 11) is 0. The zero-order chi connectivity index (χ0) is 15.0. The Labute approximate surface area is 124 Å². The van der Waals surface area contributed by atoms with Crippen LogP contribution in [0.25, 0.3) is 0 Å². The van der Waals surface area contributed by atoms with E-state index in [1.54, 1.807) is 18.2 Å². The fourth-order valence-electron chi connectivity index (χ4n) is 2.10. The van der Waals surface area contributed by atoms with E-state index in [2.05, 4.69) is 10.3 Å². The van der Waals surface area contributed by atoms with Gasteiger partial charge in [-0.15, -0.1) is 0 Å². The van der Waals surface area contributed by atoms with Crippen molar-refractivity contribution in [3.8, 4) is 0 Å². The number of nitrogens with zero attached hydrogens (tertiary/aromatic N) is 1. The average Bonchev–Trinajstić information content (AvgIpc) is 2.47. The molecule has 0 aromatic heterocycles. The molecule has 1 unspecified atom stereocenters. The Morgan fingerprint density at radius 2 is 1.95 bits per heavy atom. The van der Waals surface area contributed by atoms with Crippen molar-refractivity contribution in [1.29, 1.82) is 0 Å². The summed E-state index contributed by atoms with van der Waals surface area (Å²) < 4.78 is 13.0. The van der Waals surface area contributed by atoms with Crippen LogP contribution in [-0.4, -0.2) is 17.3 Å². The van der Waals surface area contributed by atoms with E-state index >= 15 is 0 Å². The first-order valence-corrected chi connectivity index (χ1v) is 6.51. The summed E-state index contributed by atoms with van der Waals surface area (Å²) in [5.74, 6) is -1.37. The number of alkyl halides is 1. The Morgan fingerprint density at radius 3 is 2.62 bits per heavy atom. The zero-order valence-corrected chi connectivity index (χ0v) is 11.4. The summed E-state index contributed by atoms with van der Waals surface area (Å²) in [6.07, 6.45) is 1.47. The van der Waals surface area contributed by atoms with Crippen molar-refractivity contribution < 1.29 is 14.3 Å². The predicted octanol–water partition coefficient (Wildman–Crippen LogP) is 3.74. The molecule has 0 saturated heterocycles. The Hall–Kier alpha value is -2.40. The molecule has 3 rings (SSSR count). The van der Waals surface area contributed by atoms with E-state index in [0.717, 1.165) is 0 Å². The summed E-state index contributed by atoms with van der Waals surface area (Å²) in [6.45, 7) is 0. The van der Waals surface area contributed by atoms with E-state index in [-0.39, 0.29) is 11.4 Å². The molecular formula is C15H10ClFN2O2. The maximum absolute atomic E-state index is 13.0. The van der Waals surface area contributed by atoms with Crippen molar-refractivity contribution in [1.82, 2.24) is 0 Å². The summed E-state index contributed by atoms with van der Waals surface area (Å²) in [5, 5.41) is 12.0. The summed E-state index contributed by atoms with van der Waals surface area (Å²) >= 11 is 6.48. The van der Waals surface area contributed by atoms with Gasteiger partial charge in [0, 0.05) is 0 Å². The van der Waals surface area contributed by atoms with Gasteiger partial charge in [0.15, 0.2) is 5.00 Å². The lowest BCUT2D eigenvalue weighted by Crippen LogP contribution is -2.32. The highest BCUT2D eigenvalue weighted by Crippen LogP contribution is 2.38. The molecule has 0 aliphatic carbocycles. The van der Waals surface area contributed by atoms with Crippen LogP contribution in [0.4, 0.5) is 15.8 Å². The van der Waals surface area contributed by atoms with Gasteiger partial charge < -0.3 is 10.4 Å². The molecule has 0 saturated carbocycles. The number of halogens is 2. The maximum Gasteiger partial charge on any atom is 0.335 e. The molecule has 0 bridgehead atoms. The third-order valence-corrected chi connectivity index (χ3v) is 3.62. The molecule has 21 heavy (non-hydrogen) atoms. The van der Waals surface area contributed by atoms with Gasteiger partial charge >= 0.3 is 5.97 Å². The van der Waals surface area contributed by atoms with Crippen LogP contribution in [0.3, 0.4) is 0 Å². The highest BCUT2D eigenvalue weighted by atomic mass is 35.5. The minimum Gasteiger partial charge on any atom is -0.478 e. The number of carboxylic acids is 1. The maximum atomic E-state index is 13.0. The Kier molecular flexibility index (Phi) is 3.14. The van der Waals surface area contributed by atoms with Crippen LogP contribution in [0.15, 0.2) is 47.5 Å². The number of anilines is 1. The number of hydrogen-bond acceptors (Lipinski definition) is 3. The van der Waals surface area contributed by atoms with E-state index in [9.17, 15) is 9.18 Å². The van der Waals surface area contributed by atoms with Crippen molar-refractivity contribution in [3.05, 3.63) is 59.4 Å². The number of hydrogen-bond donors (Lipinski definition) is 2. The molecule has 106 valence electrons. The van der Waals surface area contributed by atoms with Gasteiger partial charge in [-0.25, -0.2) is 9.18 Å². The van der Waals surface area contributed by atoms with Gasteiger partial charge in [-0.3, -0.25) is 4.99 Å². The van der Waals surface area contributed by atoms with E-state index in [1.807, 2.05) is 0 Å². The van der Waals surface area contributed by atoms with Crippen LogP contribution in [0.5, 0.6) is 0 Å². The number of aliphatic imine (C=N–C) groups is 1. The van der Waals surface area contributed by atoms with E-state index in [1.165, 1.54) is 30.5 Å². The van der Waals surface area contributed by atoms with Gasteiger partial charge in [0.1, 0.15) is 5.82 Å². The van der Waals surface area contributed by atoms with Crippen LogP contribution in [-0.2, 0) is 5.00 Å². The minimum absolute atomic E-state index is 0.150. The lowest BCUT2D eigenvalue weighted by atomic mass is 10.0. The lowest BCUT2D eigenvalue weighted by Gasteiger charge is -2.30. The first-order chi connectivity index (χ1) is 9.98. The van der Waals surface area contributed by atoms with Crippen molar-refractivity contribution in [2.24, 2.45) is 4.99 Å². The zero-order valence-electron chi connectivity index (χ0n) is 10.7. The van der Waals surface area contributed by atoms with E-state index in [4.69, 9.17) is 16.7 Å². The minimum atomic E-state index is -1.09. The molecule has 1 atom stereocenters. The van der Waals surface area contributed by atoms with Gasteiger partial charge in [0.25, 0.3) is 0 Å². The summed E-state index contributed by atoms with van der Waals surface area (Å²) in [6, 6.07) is 10.3. The second-order valence-electron chi connectivity index (χ2n) is 4.64. The third kappa shape index (κ3) is 2.48. The second-order valence-corrected chi connectivity index (χ2v) is 5.24. The number of carbonyl (C=O) groups is 1. The van der Waals surface area contributed by atoms with Gasteiger partial charge in [-0.05, 0) is 35.9 Å². The highest BCUT2D eigenvalue weighted by Gasteiger charge is 2.31. The molecular weight excluding hydrogens is 295 g/mol. The number of aromatic carboxylic acids is 1. The number of benzene rings is 2. The smallest absolute Gasteiger partial charge is 0.335 e. The molecule has 0 amide bonds. The SMILES string of the molecule is O=C(O)c1ccc2c(c1)N=CC(Cl)(c1ccc(F)cc1)N2. The standard InChI is InChI=1S/C15H10ClFN2O2/c16-15(10-2-4-11(17)5-3-10)8-18-13-7-9(14(20)21)1-6-12(13)19-15/h1-8,19H,(H,20,21). The molecule has 4 nitrogen and oxygen atoms in total. The fourth-order valence-corrected chi connectivity index (χ4v) is 2.38. The molecule has 0 radical (unpaired) electrons. The van der Waals surface area contributed by atoms with E-state index < -0.39 is 11.0 Å². The van der Waals surface area contributed by atoms with Crippen molar-refractivity contribution in [3.63, 3.8) is 0 Å². The number of carboxylic acid groups (broad SMARTS) is 1. The van der Waals surface area contributed by atoms with Crippen molar-refractivity contribution >= 4 is 35.2 Å². The molecule has 1 heterocycles. The highest BCUT2D eigenvalue weighted by molar-refractivity contribution is 6.34. The van der Waals surface area contributed by atoms with Crippen LogP contribution in [0.2, 0.25) is 0 Å². The molecule has 2 aromatic rings. The van der Waals surface area contributed by atoms with Crippen LogP contribution in [0.1, 0.15) is 15.9 Å². The normalized spacial score (nSPS) is 19.7. The van der Waals surface area contributed by atoms with Gasteiger partial charge in [0.2, 0.25) is 0 Å². The van der Waals surface area contributed by atoms with E-state index in [0.29, 0.717) is 16.9 Å². The number of fused-ring (bicyclic) bond motifs is 1. The fraction of sp³-hybridized carbons (Fsp3) is 0.0667. The van der Waals surface area contributed by atoms with Crippen molar-refractivity contribution in [2.75, 3.05) is 5.32 Å². The summed E-state index contributed by atoms with van der Waals surface area (Å²) in [5.41, 5.74) is 1.90. The Bertz CT molecular complexity index is 746. The van der Waals surface area contributed by atoms with Crippen molar-refractivity contribution in [2.45, 2.75) is 5.00 Å². The molecule has 6 heteroatoms. The Balaban J connectivity index is 1.98. The Morgan fingerprint density at radius 1 is 1.24 bits per heavy atom. The van der Waals surface area contributed by atoms with Crippen LogP contribution < -0.4 is 5.32 Å². The third-order valence-electron chi connectivity index (χ3n) is 3.21. The molecule has 0 spiro atoms. The monoisotopic (exact) mass is 304 g/mol. The topological polar surface area (TPSA) is 61.7 Å². The van der Waals surface area contributed by atoms with Gasteiger partial charge in [0.05, 0.1) is 23.2 Å². The van der Waals surface area contributed by atoms with Gasteiger partial charge in [-0.1, -0.05) is 23.7 Å². The lowest BCUT2D eigenvalue weighted by molar-refractivity contribution is 0.0697.